The predicted octanol–water partition coefficient (Wildman–Crippen LogP) is 2.64. The molecule has 1 aliphatic rings. The molecule has 0 aromatic carbocycles. The third kappa shape index (κ3) is 3.83. The van der Waals surface area contributed by atoms with Crippen LogP contribution in [0.2, 0.25) is 0 Å². The van der Waals surface area contributed by atoms with Crippen molar-refractivity contribution >= 4 is 5.82 Å². The van der Waals surface area contributed by atoms with Crippen molar-refractivity contribution in [2.24, 2.45) is 5.92 Å². The number of anilines is 1. The number of hydrogen-bond acceptors (Lipinski definition) is 3. The van der Waals surface area contributed by atoms with Crippen molar-refractivity contribution in [3.8, 4) is 0 Å². The van der Waals surface area contributed by atoms with E-state index in [-0.39, 0.29) is 5.82 Å². The van der Waals surface area contributed by atoms with E-state index >= 15 is 0 Å². The Morgan fingerprint density at radius 2 is 1.95 bits per heavy atom. The van der Waals surface area contributed by atoms with Gasteiger partial charge in [-0.25, -0.2) is 8.78 Å². The summed E-state index contributed by atoms with van der Waals surface area (Å²) in [5.41, 5.74) is 0. The molecular weight excluding hydrogens is 255 g/mol. The first-order chi connectivity index (χ1) is 9.06. The van der Waals surface area contributed by atoms with Crippen LogP contribution in [0.4, 0.5) is 19.0 Å². The second kappa shape index (κ2) is 6.23. The zero-order chi connectivity index (χ0) is 13.8. The zero-order valence-electron chi connectivity index (χ0n) is 10.9. The molecule has 0 amide bonds. The van der Waals surface area contributed by atoms with Crippen LogP contribution in [0.1, 0.15) is 19.3 Å². The van der Waals surface area contributed by atoms with Crippen LogP contribution in [0.15, 0.2) is 6.07 Å². The van der Waals surface area contributed by atoms with Gasteiger partial charge >= 0.3 is 0 Å². The molecule has 19 heavy (non-hydrogen) atoms. The van der Waals surface area contributed by atoms with Crippen LogP contribution < -0.4 is 5.32 Å². The van der Waals surface area contributed by atoms with E-state index in [1.807, 2.05) is 0 Å². The minimum atomic E-state index is -1.27. The van der Waals surface area contributed by atoms with Crippen molar-refractivity contribution < 1.29 is 13.2 Å². The smallest absolute Gasteiger partial charge is 0.251 e. The van der Waals surface area contributed by atoms with Gasteiger partial charge in [0.05, 0.1) is 0 Å². The topological polar surface area (TPSA) is 28.2 Å². The molecule has 1 saturated heterocycles. The van der Waals surface area contributed by atoms with E-state index in [0.717, 1.165) is 32.4 Å². The van der Waals surface area contributed by atoms with E-state index in [0.29, 0.717) is 18.5 Å². The van der Waals surface area contributed by atoms with Gasteiger partial charge in [-0.3, -0.25) is 0 Å². The number of likely N-dealkylation sites (tertiary alicyclic amines) is 1. The van der Waals surface area contributed by atoms with Crippen LogP contribution >= 0.6 is 0 Å². The third-order valence-corrected chi connectivity index (χ3v) is 3.57. The molecule has 0 atom stereocenters. The molecule has 0 spiro atoms. The highest BCUT2D eigenvalue weighted by molar-refractivity contribution is 5.35. The maximum absolute atomic E-state index is 13.3. The lowest BCUT2D eigenvalue weighted by molar-refractivity contribution is 0.215. The Balaban J connectivity index is 1.81. The summed E-state index contributed by atoms with van der Waals surface area (Å²) in [5.74, 6) is -3.02. The molecule has 0 radical (unpaired) electrons. The number of pyridine rings is 1. The lowest BCUT2D eigenvalue weighted by atomic mass is 9.94. The summed E-state index contributed by atoms with van der Waals surface area (Å²) in [6.45, 7) is 2.66. The maximum atomic E-state index is 13.3. The van der Waals surface area contributed by atoms with E-state index in [4.69, 9.17) is 0 Å². The molecule has 3 nitrogen and oxygen atoms in total. The monoisotopic (exact) mass is 273 g/mol. The van der Waals surface area contributed by atoms with Crippen molar-refractivity contribution in [3.05, 3.63) is 23.6 Å². The summed E-state index contributed by atoms with van der Waals surface area (Å²) in [7, 11) is 2.09. The highest BCUT2D eigenvalue weighted by atomic mass is 19.2. The Morgan fingerprint density at radius 3 is 2.63 bits per heavy atom. The largest absolute Gasteiger partial charge is 0.368 e. The molecule has 1 N–H and O–H groups in total. The van der Waals surface area contributed by atoms with Gasteiger partial charge in [-0.1, -0.05) is 0 Å². The van der Waals surface area contributed by atoms with Crippen LogP contribution in [0, 0.1) is 23.5 Å². The fraction of sp³-hybridized carbons (Fsp3) is 0.615. The highest BCUT2D eigenvalue weighted by Gasteiger charge is 2.17. The molecule has 0 saturated carbocycles. The van der Waals surface area contributed by atoms with Gasteiger partial charge in [-0.15, -0.1) is 0 Å². The summed E-state index contributed by atoms with van der Waals surface area (Å²) in [4.78, 5) is 5.51. The van der Waals surface area contributed by atoms with Gasteiger partial charge < -0.3 is 10.2 Å². The molecular formula is C13H18F3N3. The Hall–Kier alpha value is -1.30. The van der Waals surface area contributed by atoms with Gasteiger partial charge in [0.2, 0.25) is 0 Å². The molecule has 2 rings (SSSR count). The number of nitrogens with zero attached hydrogens (tertiary/aromatic N) is 2. The van der Waals surface area contributed by atoms with Gasteiger partial charge in [0.25, 0.3) is 5.95 Å². The van der Waals surface area contributed by atoms with Crippen LogP contribution in [0.25, 0.3) is 0 Å². The van der Waals surface area contributed by atoms with Crippen LogP contribution in [0.3, 0.4) is 0 Å². The highest BCUT2D eigenvalue weighted by Crippen LogP contribution is 2.20. The summed E-state index contributed by atoms with van der Waals surface area (Å²) in [6.07, 6.45) is 3.12. The standard InChI is InChI=1S/C13H18F3N3/c1-19-6-3-9(4-7-19)2-5-17-13-11(15)8-10(14)12(16)18-13/h8-9H,2-7H2,1H3,(H,17,18). The molecule has 106 valence electrons. The Labute approximate surface area is 110 Å². The van der Waals surface area contributed by atoms with Crippen LogP contribution in [-0.2, 0) is 0 Å². The number of nitrogens with one attached hydrogen (secondary N) is 1. The van der Waals surface area contributed by atoms with Gasteiger partial charge in [-0.05, 0) is 45.3 Å². The minimum absolute atomic E-state index is 0.216. The minimum Gasteiger partial charge on any atom is -0.368 e. The van der Waals surface area contributed by atoms with Crippen LogP contribution in [0.5, 0.6) is 0 Å². The summed E-state index contributed by atoms with van der Waals surface area (Å²) >= 11 is 0. The van der Waals surface area contributed by atoms with E-state index in [9.17, 15) is 13.2 Å². The third-order valence-electron chi connectivity index (χ3n) is 3.57. The molecule has 0 aliphatic carbocycles. The Kier molecular flexibility index (Phi) is 4.63. The van der Waals surface area contributed by atoms with Crippen molar-refractivity contribution in [3.63, 3.8) is 0 Å². The molecule has 6 heteroatoms. The van der Waals surface area contributed by atoms with E-state index in [2.05, 4.69) is 22.2 Å². The molecule has 0 bridgehead atoms. The van der Waals surface area contributed by atoms with Crippen LogP contribution in [-0.4, -0.2) is 36.6 Å². The first kappa shape index (κ1) is 14.1. The number of hydrogen-bond donors (Lipinski definition) is 1. The summed E-state index contributed by atoms with van der Waals surface area (Å²) in [6, 6.07) is 0.514. The molecule has 1 aromatic rings. The van der Waals surface area contributed by atoms with Gasteiger partial charge in [0.15, 0.2) is 17.5 Å². The average Bonchev–Trinajstić information content (AvgIpc) is 2.38. The number of piperidine rings is 1. The summed E-state index contributed by atoms with van der Waals surface area (Å²) in [5, 5.41) is 2.73. The second-order valence-electron chi connectivity index (χ2n) is 5.05. The number of aromatic nitrogens is 1. The summed E-state index contributed by atoms with van der Waals surface area (Å²) < 4.78 is 38.9. The van der Waals surface area contributed by atoms with E-state index < -0.39 is 17.6 Å². The van der Waals surface area contributed by atoms with E-state index in [1.54, 1.807) is 0 Å². The fourth-order valence-electron chi connectivity index (χ4n) is 2.31. The predicted molar refractivity (Wildman–Crippen MR) is 67.4 cm³/mol. The molecule has 1 aromatic heterocycles. The molecule has 0 unspecified atom stereocenters. The zero-order valence-corrected chi connectivity index (χ0v) is 10.9. The first-order valence-electron chi connectivity index (χ1n) is 6.50. The average molecular weight is 273 g/mol. The Bertz CT molecular complexity index is 431. The second-order valence-corrected chi connectivity index (χ2v) is 5.05. The normalized spacial score (nSPS) is 17.7. The molecule has 1 fully saturated rings. The van der Waals surface area contributed by atoms with Gasteiger partial charge in [0.1, 0.15) is 0 Å². The molecule has 1 aliphatic heterocycles. The van der Waals surface area contributed by atoms with Crippen molar-refractivity contribution in [1.82, 2.24) is 9.88 Å². The van der Waals surface area contributed by atoms with Crippen molar-refractivity contribution in [2.45, 2.75) is 19.3 Å². The van der Waals surface area contributed by atoms with Gasteiger partial charge in [-0.2, -0.15) is 9.37 Å². The number of rotatable bonds is 4. The quantitative estimate of drug-likeness (QED) is 0.855. The SMILES string of the molecule is CN1CCC(CCNc2nc(F)c(F)cc2F)CC1. The Morgan fingerprint density at radius 1 is 1.26 bits per heavy atom. The first-order valence-corrected chi connectivity index (χ1v) is 6.50. The van der Waals surface area contributed by atoms with E-state index in [1.165, 1.54) is 0 Å². The lowest BCUT2D eigenvalue weighted by Gasteiger charge is -2.28. The van der Waals surface area contributed by atoms with Crippen molar-refractivity contribution in [2.75, 3.05) is 32.0 Å². The molecule has 2 heterocycles. The number of halogens is 3. The van der Waals surface area contributed by atoms with Crippen molar-refractivity contribution in [1.29, 1.82) is 0 Å². The van der Waals surface area contributed by atoms with Gasteiger partial charge in [0, 0.05) is 12.6 Å². The lowest BCUT2D eigenvalue weighted by Crippen LogP contribution is -2.30. The fourth-order valence-corrected chi connectivity index (χ4v) is 2.31. The maximum Gasteiger partial charge on any atom is 0.251 e.